The SMILES string of the molecule is Br.CCOc1cc2c(c(F)c1OCC)C(=N)N(CC(=O)c1cc(N3CCN(C(=O)COC)CC3)c(OC)c(C(C)(C)C)c1)C2. The number of methoxy groups -OCH3 is 2. The fourth-order valence-electron chi connectivity index (χ4n) is 5.62. The summed E-state index contributed by atoms with van der Waals surface area (Å²) in [7, 11) is 3.13. The molecule has 2 aromatic carbocycles. The number of nitrogens with one attached hydrogen (secondary N) is 1. The number of benzene rings is 2. The molecule has 0 bridgehead atoms. The van der Waals surface area contributed by atoms with Crippen LogP contribution in [-0.2, 0) is 21.5 Å². The normalized spacial score (nSPS) is 14.7. The Morgan fingerprint density at radius 3 is 2.20 bits per heavy atom. The highest BCUT2D eigenvalue weighted by atomic mass is 79.9. The number of nitrogens with zero attached hydrogens (tertiary/aromatic N) is 3. The predicted octanol–water partition coefficient (Wildman–Crippen LogP) is 4.83. The number of hydrogen-bond acceptors (Lipinski definition) is 8. The molecule has 1 amide bonds. The van der Waals surface area contributed by atoms with Crippen LogP contribution in [0.2, 0.25) is 0 Å². The van der Waals surface area contributed by atoms with Gasteiger partial charge in [-0.1, -0.05) is 20.8 Å². The van der Waals surface area contributed by atoms with Crippen LogP contribution in [-0.4, -0.2) is 94.1 Å². The van der Waals surface area contributed by atoms with Crippen LogP contribution in [0.1, 0.15) is 61.7 Å². The molecule has 1 N–H and O–H groups in total. The van der Waals surface area contributed by atoms with Gasteiger partial charge in [-0.05, 0) is 43.0 Å². The van der Waals surface area contributed by atoms with Crippen LogP contribution in [0.25, 0.3) is 0 Å². The molecule has 1 fully saturated rings. The van der Waals surface area contributed by atoms with Gasteiger partial charge in [0.2, 0.25) is 5.91 Å². The topological polar surface area (TPSA) is 105 Å². The van der Waals surface area contributed by atoms with Crippen LogP contribution in [0, 0.1) is 11.2 Å². The number of carbonyl (C=O) groups is 2. The van der Waals surface area contributed by atoms with Crippen LogP contribution in [0.4, 0.5) is 10.1 Å². The molecule has 0 spiro atoms. The number of halogens is 2. The van der Waals surface area contributed by atoms with Gasteiger partial charge in [-0.15, -0.1) is 17.0 Å². The van der Waals surface area contributed by atoms with Gasteiger partial charge >= 0.3 is 0 Å². The Labute approximate surface area is 269 Å². The highest BCUT2D eigenvalue weighted by molar-refractivity contribution is 8.93. The molecular formula is C32H44BrFN4O6. The molecule has 0 radical (unpaired) electrons. The van der Waals surface area contributed by atoms with E-state index in [0.717, 1.165) is 11.3 Å². The van der Waals surface area contributed by atoms with E-state index in [1.54, 1.807) is 29.9 Å². The van der Waals surface area contributed by atoms with Crippen molar-refractivity contribution in [3.05, 3.63) is 46.3 Å². The zero-order valence-corrected chi connectivity index (χ0v) is 28.4. The largest absolute Gasteiger partial charge is 0.494 e. The summed E-state index contributed by atoms with van der Waals surface area (Å²) in [6.07, 6.45) is 0. The lowest BCUT2D eigenvalue weighted by atomic mass is 9.84. The molecule has 4 rings (SSSR count). The van der Waals surface area contributed by atoms with Crippen molar-refractivity contribution in [2.45, 2.75) is 46.6 Å². The third-order valence-electron chi connectivity index (χ3n) is 7.75. The summed E-state index contributed by atoms with van der Waals surface area (Å²) in [6.45, 7) is 12.7. The number of ether oxygens (including phenoxy) is 4. The average Bonchev–Trinajstić information content (AvgIpc) is 3.28. The van der Waals surface area contributed by atoms with Gasteiger partial charge in [0.25, 0.3) is 0 Å². The van der Waals surface area contributed by atoms with Crippen molar-refractivity contribution in [3.8, 4) is 17.2 Å². The van der Waals surface area contributed by atoms with Gasteiger partial charge in [0.05, 0.1) is 38.1 Å². The molecule has 2 aromatic rings. The molecule has 2 heterocycles. The van der Waals surface area contributed by atoms with Gasteiger partial charge in [-0.2, -0.15) is 0 Å². The number of Topliss-reactive ketones (excluding diaryl/α,β-unsaturated/α-hetero) is 1. The summed E-state index contributed by atoms with van der Waals surface area (Å²) >= 11 is 0. The van der Waals surface area contributed by atoms with E-state index >= 15 is 4.39 Å². The lowest BCUT2D eigenvalue weighted by Crippen LogP contribution is -2.50. The Morgan fingerprint density at radius 2 is 1.64 bits per heavy atom. The predicted molar refractivity (Wildman–Crippen MR) is 173 cm³/mol. The number of amides is 1. The molecule has 0 unspecified atom stereocenters. The second kappa shape index (κ2) is 14.6. The maximum absolute atomic E-state index is 15.6. The van der Waals surface area contributed by atoms with Crippen molar-refractivity contribution in [2.75, 3.05) is 71.7 Å². The summed E-state index contributed by atoms with van der Waals surface area (Å²) in [4.78, 5) is 31.7. The van der Waals surface area contributed by atoms with Gasteiger partial charge < -0.3 is 33.6 Å². The molecule has 44 heavy (non-hydrogen) atoms. The van der Waals surface area contributed by atoms with Crippen LogP contribution < -0.4 is 19.1 Å². The van der Waals surface area contributed by atoms with Gasteiger partial charge in [0.1, 0.15) is 18.2 Å². The van der Waals surface area contributed by atoms with E-state index in [4.69, 9.17) is 24.4 Å². The highest BCUT2D eigenvalue weighted by Crippen LogP contribution is 2.42. The Kier molecular flexibility index (Phi) is 11.6. The molecule has 0 aromatic heterocycles. The molecule has 2 aliphatic heterocycles. The van der Waals surface area contributed by atoms with Gasteiger partial charge in [0, 0.05) is 51.0 Å². The van der Waals surface area contributed by atoms with Crippen molar-refractivity contribution in [2.24, 2.45) is 0 Å². The fourth-order valence-corrected chi connectivity index (χ4v) is 5.62. The first-order valence-corrected chi connectivity index (χ1v) is 14.7. The van der Waals surface area contributed by atoms with Crippen molar-refractivity contribution in [1.82, 2.24) is 9.80 Å². The minimum atomic E-state index is -0.646. The first-order chi connectivity index (χ1) is 20.4. The van der Waals surface area contributed by atoms with Crippen LogP contribution in [0.15, 0.2) is 18.2 Å². The summed E-state index contributed by atoms with van der Waals surface area (Å²) in [5, 5.41) is 8.75. The zero-order chi connectivity index (χ0) is 31.5. The van der Waals surface area contributed by atoms with Crippen molar-refractivity contribution in [1.29, 1.82) is 5.41 Å². The molecule has 1 saturated heterocycles. The molecule has 12 heteroatoms. The smallest absolute Gasteiger partial charge is 0.248 e. The molecule has 2 aliphatic rings. The van der Waals surface area contributed by atoms with Crippen molar-refractivity contribution in [3.63, 3.8) is 0 Å². The first-order valence-electron chi connectivity index (χ1n) is 14.7. The first kappa shape index (κ1) is 35.1. The minimum Gasteiger partial charge on any atom is -0.494 e. The van der Waals surface area contributed by atoms with E-state index in [1.165, 1.54) is 7.11 Å². The average molecular weight is 680 g/mol. The van der Waals surface area contributed by atoms with Crippen LogP contribution >= 0.6 is 17.0 Å². The Balaban J connectivity index is 0.00000529. The number of carbonyl (C=O) groups excluding carboxylic acids is 2. The number of hydrogen-bond donors (Lipinski definition) is 1. The zero-order valence-electron chi connectivity index (χ0n) is 26.7. The van der Waals surface area contributed by atoms with Crippen LogP contribution in [0.3, 0.4) is 0 Å². The maximum Gasteiger partial charge on any atom is 0.248 e. The monoisotopic (exact) mass is 678 g/mol. The Morgan fingerprint density at radius 1 is 0.977 bits per heavy atom. The third-order valence-corrected chi connectivity index (χ3v) is 7.75. The fraction of sp³-hybridized carbons (Fsp3) is 0.531. The molecule has 0 saturated carbocycles. The minimum absolute atomic E-state index is 0. The summed E-state index contributed by atoms with van der Waals surface area (Å²) in [5.74, 6) is 0.00648. The summed E-state index contributed by atoms with van der Waals surface area (Å²) in [6, 6.07) is 5.39. The van der Waals surface area contributed by atoms with Gasteiger partial charge in [-0.3, -0.25) is 15.0 Å². The maximum atomic E-state index is 15.6. The number of fused-ring (bicyclic) bond motifs is 1. The third kappa shape index (κ3) is 7.12. The quantitative estimate of drug-likeness (QED) is 0.337. The number of rotatable bonds is 11. The standard InChI is InChI=1S/C32H43FN4O6.BrH/c1-8-42-25-16-21-17-37(31(34)27(21)28(33)30(25)43-9-2)18-24(38)20-14-22(32(3,4)5)29(41-7)23(15-20)35-10-12-36(13-11-35)26(39)19-40-6;/h14-16,34H,8-13,17-19H2,1-7H3;1H. The van der Waals surface area contributed by atoms with E-state index in [1.807, 2.05) is 19.1 Å². The van der Waals surface area contributed by atoms with E-state index < -0.39 is 5.82 Å². The molecule has 0 atom stereocenters. The van der Waals surface area contributed by atoms with E-state index in [-0.39, 0.29) is 77.5 Å². The van der Waals surface area contributed by atoms with Crippen molar-refractivity contribution < 1.29 is 32.9 Å². The highest BCUT2D eigenvalue weighted by Gasteiger charge is 2.34. The lowest BCUT2D eigenvalue weighted by Gasteiger charge is -2.38. The van der Waals surface area contributed by atoms with Gasteiger partial charge in [-0.25, -0.2) is 4.39 Å². The Bertz CT molecular complexity index is 1390. The van der Waals surface area contributed by atoms with Crippen LogP contribution in [0.5, 0.6) is 17.2 Å². The number of ketones is 1. The molecular weight excluding hydrogens is 635 g/mol. The van der Waals surface area contributed by atoms with E-state index in [0.29, 0.717) is 55.4 Å². The lowest BCUT2D eigenvalue weighted by molar-refractivity contribution is -0.135. The second-order valence-corrected chi connectivity index (χ2v) is 11.7. The number of piperazine rings is 1. The summed E-state index contributed by atoms with van der Waals surface area (Å²) < 4.78 is 37.6. The number of anilines is 1. The molecule has 0 aliphatic carbocycles. The van der Waals surface area contributed by atoms with E-state index in [2.05, 4.69) is 25.7 Å². The van der Waals surface area contributed by atoms with Crippen molar-refractivity contribution >= 4 is 40.2 Å². The summed E-state index contributed by atoms with van der Waals surface area (Å²) in [5.41, 5.74) is 2.51. The van der Waals surface area contributed by atoms with E-state index in [9.17, 15) is 9.59 Å². The molecule has 10 nitrogen and oxygen atoms in total. The molecule has 242 valence electrons. The second-order valence-electron chi connectivity index (χ2n) is 11.7. The number of amidine groups is 1. The van der Waals surface area contributed by atoms with Gasteiger partial charge in [0.15, 0.2) is 23.1 Å². The Hall–Kier alpha value is -3.38.